The maximum atomic E-state index is 12.4. The number of hydrogen-bond acceptors (Lipinski definition) is 8. The fraction of sp³-hybridized carbons (Fsp3) is 0.861. The first-order chi connectivity index (χ1) is 22.3. The second-order valence-corrected chi connectivity index (χ2v) is 13.7. The van der Waals surface area contributed by atoms with Crippen LogP contribution in [0, 0.1) is 0 Å². The zero-order valence-corrected chi connectivity index (χ0v) is 30.2. The Hall–Kier alpha value is -1.06. The molecule has 0 aromatic carbocycles. The number of ether oxygens (including phenoxy) is 2. The molecule has 0 aromatic rings. The summed E-state index contributed by atoms with van der Waals surface area (Å²) >= 11 is 0. The molecule has 0 aliphatic rings. The Bertz CT molecular complexity index is 775. The summed E-state index contributed by atoms with van der Waals surface area (Å²) in [4.78, 5) is 22.3. The van der Waals surface area contributed by atoms with Crippen LogP contribution in [0.1, 0.15) is 155 Å². The Labute approximate surface area is 281 Å². The molecular weight excluding hydrogens is 607 g/mol. The number of carbonyl (C=O) groups is 1. The molecule has 0 aromatic heterocycles. The van der Waals surface area contributed by atoms with Gasteiger partial charge in [0, 0.05) is 13.0 Å². The average molecular weight is 677 g/mol. The van der Waals surface area contributed by atoms with Gasteiger partial charge in [-0.1, -0.05) is 128 Å². The molecule has 0 radical (unpaired) electrons. The molecule has 3 atom stereocenters. The highest BCUT2D eigenvalue weighted by molar-refractivity contribution is 7.47. The zero-order chi connectivity index (χ0) is 34.0. The summed E-state index contributed by atoms with van der Waals surface area (Å²) in [6.45, 7) is 3.42. The van der Waals surface area contributed by atoms with Crippen LogP contribution in [-0.2, 0) is 27.9 Å². The van der Waals surface area contributed by atoms with Gasteiger partial charge >= 0.3 is 13.8 Å². The number of unbranched alkanes of at least 4 members (excludes halogenated alkanes) is 17. The van der Waals surface area contributed by atoms with Gasteiger partial charge in [-0.25, -0.2) is 4.57 Å². The van der Waals surface area contributed by atoms with Gasteiger partial charge in [0.15, 0.2) is 0 Å². The molecule has 9 nitrogen and oxygen atoms in total. The lowest BCUT2D eigenvalue weighted by Crippen LogP contribution is -2.29. The van der Waals surface area contributed by atoms with Crippen molar-refractivity contribution in [3.8, 4) is 0 Å². The normalized spacial score (nSPS) is 14.6. The first kappa shape index (κ1) is 44.9. The van der Waals surface area contributed by atoms with Crippen molar-refractivity contribution in [2.75, 3.05) is 33.0 Å². The van der Waals surface area contributed by atoms with Crippen LogP contribution >= 0.6 is 7.82 Å². The number of aliphatic hydroxyl groups excluding tert-OH is 2. The average Bonchev–Trinajstić information content (AvgIpc) is 3.04. The largest absolute Gasteiger partial charge is 0.472 e. The Morgan fingerprint density at radius 1 is 0.674 bits per heavy atom. The molecular formula is C36H69O9P. The molecule has 272 valence electrons. The number of aliphatic hydroxyl groups is 2. The van der Waals surface area contributed by atoms with Gasteiger partial charge in [0.25, 0.3) is 0 Å². The van der Waals surface area contributed by atoms with Crippen molar-refractivity contribution in [1.82, 2.24) is 0 Å². The molecule has 3 unspecified atom stereocenters. The third kappa shape index (κ3) is 32.9. The molecule has 0 aliphatic heterocycles. The van der Waals surface area contributed by atoms with Crippen LogP contribution in [0.3, 0.4) is 0 Å². The fourth-order valence-corrected chi connectivity index (χ4v) is 5.59. The molecule has 0 bridgehead atoms. The van der Waals surface area contributed by atoms with E-state index in [1.165, 1.54) is 83.5 Å². The number of rotatable bonds is 35. The van der Waals surface area contributed by atoms with E-state index in [2.05, 4.69) is 38.2 Å². The molecule has 0 fully saturated rings. The molecule has 0 rings (SSSR count). The predicted molar refractivity (Wildman–Crippen MR) is 187 cm³/mol. The first-order valence-electron chi connectivity index (χ1n) is 18.3. The Morgan fingerprint density at radius 3 is 1.78 bits per heavy atom. The van der Waals surface area contributed by atoms with Crippen molar-refractivity contribution in [2.24, 2.45) is 0 Å². The van der Waals surface area contributed by atoms with Crippen molar-refractivity contribution < 1.29 is 43.0 Å². The highest BCUT2D eigenvalue weighted by Gasteiger charge is 2.26. The van der Waals surface area contributed by atoms with E-state index in [0.717, 1.165) is 51.4 Å². The summed E-state index contributed by atoms with van der Waals surface area (Å²) in [6.07, 6.45) is 31.5. The summed E-state index contributed by atoms with van der Waals surface area (Å²) in [7, 11) is -4.50. The molecule has 0 amide bonds. The van der Waals surface area contributed by atoms with Crippen LogP contribution < -0.4 is 0 Å². The number of phosphoric acid groups is 1. The lowest BCUT2D eigenvalue weighted by atomic mass is 10.1. The Balaban J connectivity index is 4.12. The topological polar surface area (TPSA) is 132 Å². The minimum absolute atomic E-state index is 0.0473. The number of phosphoric ester groups is 1. The second-order valence-electron chi connectivity index (χ2n) is 12.2. The van der Waals surface area contributed by atoms with Crippen LogP contribution in [0.15, 0.2) is 24.3 Å². The van der Waals surface area contributed by atoms with Gasteiger partial charge < -0.3 is 24.6 Å². The van der Waals surface area contributed by atoms with Gasteiger partial charge in [0.1, 0.15) is 12.2 Å². The lowest BCUT2D eigenvalue weighted by molar-refractivity contribution is -0.154. The highest BCUT2D eigenvalue weighted by Crippen LogP contribution is 2.43. The van der Waals surface area contributed by atoms with Gasteiger partial charge in [-0.3, -0.25) is 13.8 Å². The van der Waals surface area contributed by atoms with E-state index in [-0.39, 0.29) is 19.6 Å². The van der Waals surface area contributed by atoms with Crippen LogP contribution in [0.5, 0.6) is 0 Å². The van der Waals surface area contributed by atoms with E-state index in [4.69, 9.17) is 23.6 Å². The van der Waals surface area contributed by atoms with Crippen molar-refractivity contribution in [1.29, 1.82) is 0 Å². The standard InChI is InChI=1S/C36H69O9P/c1-3-5-7-9-11-12-13-14-15-16-17-18-19-20-21-23-25-27-29-42-32-35(33-44-46(40,41)43-31-34(38)30-37)45-36(39)28-26-24-22-10-8-6-4-2/h11-12,14-15,34-35,37-38H,3-10,13,16-33H2,1-2H3,(H,40,41)/b12-11-,15-14-. The monoisotopic (exact) mass is 676 g/mol. The van der Waals surface area contributed by atoms with Crippen molar-refractivity contribution >= 4 is 13.8 Å². The van der Waals surface area contributed by atoms with E-state index in [1.54, 1.807) is 0 Å². The van der Waals surface area contributed by atoms with Crippen molar-refractivity contribution in [3.05, 3.63) is 24.3 Å². The smallest absolute Gasteiger partial charge is 0.457 e. The van der Waals surface area contributed by atoms with E-state index in [1.807, 2.05) is 0 Å². The molecule has 46 heavy (non-hydrogen) atoms. The molecule has 0 heterocycles. The van der Waals surface area contributed by atoms with E-state index < -0.39 is 39.2 Å². The molecule has 0 spiro atoms. The van der Waals surface area contributed by atoms with Crippen molar-refractivity contribution in [3.63, 3.8) is 0 Å². The van der Waals surface area contributed by atoms with E-state index in [9.17, 15) is 19.4 Å². The zero-order valence-electron chi connectivity index (χ0n) is 29.3. The van der Waals surface area contributed by atoms with Crippen LogP contribution in [0.4, 0.5) is 0 Å². The summed E-state index contributed by atoms with van der Waals surface area (Å²) in [5, 5.41) is 18.2. The second kappa shape index (κ2) is 33.8. The van der Waals surface area contributed by atoms with Gasteiger partial charge in [-0.05, 0) is 44.9 Å². The Morgan fingerprint density at radius 2 is 1.17 bits per heavy atom. The predicted octanol–water partition coefficient (Wildman–Crippen LogP) is 9.14. The van der Waals surface area contributed by atoms with Gasteiger partial charge in [-0.15, -0.1) is 0 Å². The number of esters is 1. The van der Waals surface area contributed by atoms with Crippen molar-refractivity contribution in [2.45, 2.75) is 167 Å². The maximum absolute atomic E-state index is 12.4. The first-order valence-corrected chi connectivity index (χ1v) is 19.8. The minimum atomic E-state index is -4.50. The van der Waals surface area contributed by atoms with E-state index in [0.29, 0.717) is 6.61 Å². The summed E-state index contributed by atoms with van der Waals surface area (Å²) in [6, 6.07) is 0. The number of hydrogen-bond donors (Lipinski definition) is 3. The molecule has 0 saturated heterocycles. The number of allylic oxidation sites excluding steroid dienone is 4. The SMILES string of the molecule is CCCCC/C=C\C/C=C\CCCCCCCCCCOCC(COP(=O)(O)OCC(O)CO)OC(=O)CCCCCCCCC. The van der Waals surface area contributed by atoms with Crippen LogP contribution in [-0.4, -0.2) is 66.3 Å². The van der Waals surface area contributed by atoms with Gasteiger partial charge in [0.2, 0.25) is 0 Å². The van der Waals surface area contributed by atoms with E-state index >= 15 is 0 Å². The van der Waals surface area contributed by atoms with Gasteiger partial charge in [0.05, 0.1) is 26.4 Å². The quantitative estimate of drug-likeness (QED) is 0.0260. The lowest BCUT2D eigenvalue weighted by Gasteiger charge is -2.20. The maximum Gasteiger partial charge on any atom is 0.472 e. The third-order valence-corrected chi connectivity index (χ3v) is 8.59. The molecule has 0 saturated carbocycles. The summed E-state index contributed by atoms with van der Waals surface area (Å²) in [5.41, 5.74) is 0. The molecule has 0 aliphatic carbocycles. The minimum Gasteiger partial charge on any atom is -0.457 e. The fourth-order valence-electron chi connectivity index (χ4n) is 4.80. The highest BCUT2D eigenvalue weighted by atomic mass is 31.2. The molecule has 10 heteroatoms. The summed E-state index contributed by atoms with van der Waals surface area (Å²) in [5.74, 6) is -0.392. The number of carbonyl (C=O) groups excluding carboxylic acids is 1. The molecule has 3 N–H and O–H groups in total. The third-order valence-electron chi connectivity index (χ3n) is 7.64. The Kier molecular flexibility index (Phi) is 33.0. The van der Waals surface area contributed by atoms with Crippen LogP contribution in [0.25, 0.3) is 0 Å². The van der Waals surface area contributed by atoms with Gasteiger partial charge in [-0.2, -0.15) is 0 Å². The summed E-state index contributed by atoms with van der Waals surface area (Å²) < 4.78 is 33.1. The van der Waals surface area contributed by atoms with Crippen LogP contribution in [0.2, 0.25) is 0 Å².